The van der Waals surface area contributed by atoms with Gasteiger partial charge >= 0.3 is 7.82 Å². The molecule has 0 saturated heterocycles. The van der Waals surface area contributed by atoms with Gasteiger partial charge in [0.05, 0.1) is 31.3 Å². The molecule has 302 valence electrons. The molecule has 0 bridgehead atoms. The summed E-state index contributed by atoms with van der Waals surface area (Å²) in [7, 11) is -5.11. The lowest BCUT2D eigenvalue weighted by Gasteiger charge is -2.41. The molecule has 0 aromatic carbocycles. The van der Waals surface area contributed by atoms with Gasteiger partial charge in [-0.15, -0.1) is 0 Å². The van der Waals surface area contributed by atoms with Crippen LogP contribution in [-0.2, 0) is 18.4 Å². The molecule has 0 radical (unpaired) electrons. The molecular weight excluding hydrogens is 681 g/mol. The number of carbonyl (C=O) groups is 1. The van der Waals surface area contributed by atoms with E-state index in [4.69, 9.17) is 9.05 Å². The minimum absolute atomic E-state index is 0.241. The molecule has 14 heteroatoms. The zero-order valence-corrected chi connectivity index (χ0v) is 32.2. The number of aliphatic hydroxyl groups is 7. The largest absolute Gasteiger partial charge is 0.472 e. The van der Waals surface area contributed by atoms with Crippen molar-refractivity contribution in [3.8, 4) is 0 Å². The first-order valence-electron chi connectivity index (χ1n) is 19.7. The quantitative estimate of drug-likeness (QED) is 0.0267. The summed E-state index contributed by atoms with van der Waals surface area (Å²) in [6, 6.07) is -1.16. The van der Waals surface area contributed by atoms with Crippen molar-refractivity contribution in [1.82, 2.24) is 5.32 Å². The highest BCUT2D eigenvalue weighted by molar-refractivity contribution is 7.47. The lowest BCUT2D eigenvalue weighted by Crippen LogP contribution is -2.64. The fourth-order valence-corrected chi connectivity index (χ4v) is 7.27. The Kier molecular flexibility index (Phi) is 26.8. The van der Waals surface area contributed by atoms with Crippen LogP contribution in [0.15, 0.2) is 12.2 Å². The minimum Gasteiger partial charge on any atom is -0.393 e. The van der Waals surface area contributed by atoms with Crippen LogP contribution in [0, 0.1) is 0 Å². The minimum atomic E-state index is -5.11. The first-order chi connectivity index (χ1) is 24.3. The van der Waals surface area contributed by atoms with Gasteiger partial charge in [-0.1, -0.05) is 122 Å². The molecule has 0 aliphatic heterocycles. The van der Waals surface area contributed by atoms with Crippen LogP contribution in [-0.4, -0.2) is 108 Å². The van der Waals surface area contributed by atoms with Crippen molar-refractivity contribution >= 4 is 13.7 Å². The maximum Gasteiger partial charge on any atom is 0.472 e. The normalized spacial score (nSPS) is 25.5. The van der Waals surface area contributed by atoms with Crippen molar-refractivity contribution in [3.05, 3.63) is 12.2 Å². The molecule has 13 nitrogen and oxygen atoms in total. The number of amides is 1. The van der Waals surface area contributed by atoms with Crippen LogP contribution in [0.5, 0.6) is 0 Å². The average molecular weight is 754 g/mol. The number of nitrogens with one attached hydrogen (secondary N) is 1. The van der Waals surface area contributed by atoms with Crippen molar-refractivity contribution in [2.24, 2.45) is 0 Å². The van der Waals surface area contributed by atoms with Gasteiger partial charge in [0.25, 0.3) is 0 Å². The maximum atomic E-state index is 12.9. The third-order valence-electron chi connectivity index (χ3n) is 9.63. The van der Waals surface area contributed by atoms with Crippen LogP contribution in [0.2, 0.25) is 0 Å². The smallest absolute Gasteiger partial charge is 0.393 e. The van der Waals surface area contributed by atoms with Crippen molar-refractivity contribution in [1.29, 1.82) is 0 Å². The van der Waals surface area contributed by atoms with E-state index in [-0.39, 0.29) is 12.8 Å². The zero-order valence-electron chi connectivity index (χ0n) is 31.3. The summed E-state index contributed by atoms with van der Waals surface area (Å²) in [4.78, 5) is 23.3. The molecule has 51 heavy (non-hydrogen) atoms. The van der Waals surface area contributed by atoms with E-state index in [1.54, 1.807) is 0 Å². The first-order valence-corrected chi connectivity index (χ1v) is 21.2. The molecule has 0 spiro atoms. The number of hydrogen-bond acceptors (Lipinski definition) is 11. The van der Waals surface area contributed by atoms with E-state index in [1.165, 1.54) is 64.2 Å². The van der Waals surface area contributed by atoms with E-state index < -0.39 is 75.2 Å². The molecule has 0 heterocycles. The van der Waals surface area contributed by atoms with E-state index in [9.17, 15) is 50.0 Å². The monoisotopic (exact) mass is 753 g/mol. The summed E-state index contributed by atoms with van der Waals surface area (Å²) in [6.07, 6.45) is 11.5. The van der Waals surface area contributed by atoms with Gasteiger partial charge in [-0.25, -0.2) is 4.57 Å². The van der Waals surface area contributed by atoms with Crippen LogP contribution >= 0.6 is 7.82 Å². The molecule has 1 aliphatic rings. The molecule has 1 saturated carbocycles. The van der Waals surface area contributed by atoms with Gasteiger partial charge in [-0.3, -0.25) is 13.8 Å². The lowest BCUT2D eigenvalue weighted by molar-refractivity contribution is -0.220. The fourth-order valence-electron chi connectivity index (χ4n) is 6.30. The van der Waals surface area contributed by atoms with Gasteiger partial charge in [-0.2, -0.15) is 0 Å². The van der Waals surface area contributed by atoms with E-state index in [0.29, 0.717) is 19.3 Å². The van der Waals surface area contributed by atoms with Gasteiger partial charge in [0.2, 0.25) is 5.91 Å². The lowest BCUT2D eigenvalue weighted by atomic mass is 9.85. The van der Waals surface area contributed by atoms with E-state index in [0.717, 1.165) is 44.9 Å². The summed E-state index contributed by atoms with van der Waals surface area (Å²) in [5.74, 6) is -0.580. The van der Waals surface area contributed by atoms with Crippen LogP contribution in [0.3, 0.4) is 0 Å². The topological polar surface area (TPSA) is 226 Å². The summed E-state index contributed by atoms with van der Waals surface area (Å²) >= 11 is 0. The summed E-state index contributed by atoms with van der Waals surface area (Å²) < 4.78 is 22.7. The Balaban J connectivity index is 2.64. The molecule has 1 fully saturated rings. The van der Waals surface area contributed by atoms with Crippen LogP contribution < -0.4 is 5.32 Å². The van der Waals surface area contributed by atoms with Crippen LogP contribution in [0.1, 0.15) is 155 Å². The van der Waals surface area contributed by atoms with Crippen molar-refractivity contribution in [2.75, 3.05) is 6.61 Å². The second-order valence-electron chi connectivity index (χ2n) is 14.3. The number of aliphatic hydroxyl groups excluding tert-OH is 7. The number of phosphoric ester groups is 1. The highest BCUT2D eigenvalue weighted by Gasteiger charge is 2.51. The molecule has 0 aromatic rings. The Morgan fingerprint density at radius 1 is 0.667 bits per heavy atom. The van der Waals surface area contributed by atoms with E-state index in [2.05, 4.69) is 31.3 Å². The Labute approximate surface area is 306 Å². The highest BCUT2D eigenvalue weighted by Crippen LogP contribution is 2.47. The standard InChI is InChI=1S/C37H72NO12P/c1-3-5-7-9-11-13-15-16-18-20-22-24-28(39)26-31(41)38-29(30(40)25-23-21-19-17-14-12-10-8-6-4-2)27-49-51(47,48)50-37-35(45)33(43)32(42)34(44)36(37)46/h16,18,28-30,32-37,39-40,42-46H,3-15,17,19-27H2,1-2H3,(H,38,41)(H,47,48)/b18-16-. The van der Waals surface area contributed by atoms with E-state index >= 15 is 0 Å². The van der Waals surface area contributed by atoms with Gasteiger partial charge in [0, 0.05) is 0 Å². The Bertz CT molecular complexity index is 943. The molecule has 0 aromatic heterocycles. The molecule has 8 unspecified atom stereocenters. The van der Waals surface area contributed by atoms with Crippen molar-refractivity contribution in [3.63, 3.8) is 0 Å². The molecular formula is C37H72NO12P. The average Bonchev–Trinajstić information content (AvgIpc) is 3.09. The van der Waals surface area contributed by atoms with Crippen LogP contribution in [0.25, 0.3) is 0 Å². The number of hydrogen-bond donors (Lipinski definition) is 9. The number of allylic oxidation sites excluding steroid dienone is 2. The fraction of sp³-hybridized carbons (Fsp3) is 0.919. The van der Waals surface area contributed by atoms with Crippen LogP contribution in [0.4, 0.5) is 0 Å². The van der Waals surface area contributed by atoms with Gasteiger partial charge < -0.3 is 46.0 Å². The SMILES string of the molecule is CCCCCCCC/C=C\CCCC(O)CC(=O)NC(COP(=O)(O)OC1C(O)C(O)C(O)C(O)C1O)C(O)CCCCCCCCCCCC. The molecule has 1 rings (SSSR count). The number of phosphoric acid groups is 1. The second kappa shape index (κ2) is 28.5. The van der Waals surface area contributed by atoms with Crippen molar-refractivity contribution < 1.29 is 59.0 Å². The maximum absolute atomic E-state index is 12.9. The zero-order chi connectivity index (χ0) is 38.1. The third-order valence-corrected chi connectivity index (χ3v) is 10.6. The Hall–Kier alpha value is -0.960. The summed E-state index contributed by atoms with van der Waals surface area (Å²) in [5.41, 5.74) is 0. The van der Waals surface area contributed by atoms with Gasteiger partial charge in [0.15, 0.2) is 0 Å². The molecule has 1 amide bonds. The third kappa shape index (κ3) is 21.5. The predicted molar refractivity (Wildman–Crippen MR) is 197 cm³/mol. The summed E-state index contributed by atoms with van der Waals surface area (Å²) in [5, 5.41) is 74.1. The van der Waals surface area contributed by atoms with E-state index in [1.807, 2.05) is 0 Å². The first kappa shape index (κ1) is 48.1. The summed E-state index contributed by atoms with van der Waals surface area (Å²) in [6.45, 7) is 3.70. The second-order valence-corrected chi connectivity index (χ2v) is 15.7. The number of rotatable bonds is 31. The molecule has 1 aliphatic carbocycles. The highest BCUT2D eigenvalue weighted by atomic mass is 31.2. The molecule has 8 atom stereocenters. The Morgan fingerprint density at radius 2 is 1.12 bits per heavy atom. The van der Waals surface area contributed by atoms with Gasteiger partial charge in [0.1, 0.15) is 36.6 Å². The Morgan fingerprint density at radius 3 is 1.65 bits per heavy atom. The number of unbranched alkanes of at least 4 members (excludes halogenated alkanes) is 16. The number of carbonyl (C=O) groups excluding carboxylic acids is 1. The van der Waals surface area contributed by atoms with Gasteiger partial charge in [-0.05, 0) is 38.5 Å². The predicted octanol–water partition coefficient (Wildman–Crippen LogP) is 4.69. The molecule has 9 N–H and O–H groups in total. The van der Waals surface area contributed by atoms with Crippen molar-refractivity contribution in [2.45, 2.75) is 210 Å².